The van der Waals surface area contributed by atoms with Gasteiger partial charge in [-0.05, 0) is 48.2 Å². The quantitative estimate of drug-likeness (QED) is 0.619. The SMILES string of the molecule is CN(C)c1ccc(C#CC#Cc2ccc(C=O)cc2)cc1. The first-order valence-corrected chi connectivity index (χ1v) is 6.54. The number of nitrogens with zero attached hydrogens (tertiary/aromatic N) is 1. The van der Waals surface area contributed by atoms with Gasteiger partial charge in [-0.2, -0.15) is 0 Å². The maximum Gasteiger partial charge on any atom is 0.150 e. The Morgan fingerprint density at radius 2 is 1.29 bits per heavy atom. The smallest absolute Gasteiger partial charge is 0.150 e. The molecular weight excluding hydrogens is 258 g/mol. The maximum absolute atomic E-state index is 10.5. The fourth-order valence-corrected chi connectivity index (χ4v) is 1.69. The van der Waals surface area contributed by atoms with E-state index in [0.29, 0.717) is 5.56 Å². The van der Waals surface area contributed by atoms with E-state index >= 15 is 0 Å². The minimum absolute atomic E-state index is 0.646. The van der Waals surface area contributed by atoms with E-state index in [2.05, 4.69) is 23.7 Å². The zero-order chi connectivity index (χ0) is 15.1. The van der Waals surface area contributed by atoms with E-state index < -0.39 is 0 Å². The highest BCUT2D eigenvalue weighted by atomic mass is 16.1. The molecule has 0 aliphatic heterocycles. The number of anilines is 1. The average molecular weight is 273 g/mol. The van der Waals surface area contributed by atoms with E-state index in [0.717, 1.165) is 23.1 Å². The van der Waals surface area contributed by atoms with E-state index in [-0.39, 0.29) is 0 Å². The molecule has 0 aliphatic rings. The molecule has 2 rings (SSSR count). The summed E-state index contributed by atoms with van der Waals surface area (Å²) < 4.78 is 0. The Kier molecular flexibility index (Phi) is 4.80. The zero-order valence-corrected chi connectivity index (χ0v) is 12.1. The topological polar surface area (TPSA) is 20.3 Å². The van der Waals surface area contributed by atoms with Gasteiger partial charge in [0, 0.05) is 36.5 Å². The number of carbonyl (C=O) groups is 1. The molecule has 0 unspecified atom stereocenters. The summed E-state index contributed by atoms with van der Waals surface area (Å²) in [5, 5.41) is 0. The van der Waals surface area contributed by atoms with Crippen molar-refractivity contribution in [2.45, 2.75) is 0 Å². The van der Waals surface area contributed by atoms with Crippen molar-refractivity contribution in [3.05, 3.63) is 65.2 Å². The van der Waals surface area contributed by atoms with E-state index in [1.54, 1.807) is 12.1 Å². The highest BCUT2D eigenvalue weighted by Crippen LogP contribution is 2.11. The molecule has 0 radical (unpaired) electrons. The van der Waals surface area contributed by atoms with Gasteiger partial charge < -0.3 is 4.90 Å². The fraction of sp³-hybridized carbons (Fsp3) is 0.105. The Morgan fingerprint density at radius 1 is 0.810 bits per heavy atom. The molecule has 2 nitrogen and oxygen atoms in total. The third-order valence-electron chi connectivity index (χ3n) is 2.91. The van der Waals surface area contributed by atoms with Crippen LogP contribution >= 0.6 is 0 Å². The molecule has 0 N–H and O–H groups in total. The Balaban J connectivity index is 2.06. The van der Waals surface area contributed by atoms with Crippen molar-refractivity contribution in [3.63, 3.8) is 0 Å². The van der Waals surface area contributed by atoms with Crippen molar-refractivity contribution in [2.24, 2.45) is 0 Å². The van der Waals surface area contributed by atoms with Gasteiger partial charge in [0.2, 0.25) is 0 Å². The van der Waals surface area contributed by atoms with Crippen molar-refractivity contribution in [1.29, 1.82) is 0 Å². The predicted octanol–water partition coefficient (Wildman–Crippen LogP) is 2.97. The third-order valence-corrected chi connectivity index (χ3v) is 2.91. The Bertz CT molecular complexity index is 733. The number of hydrogen-bond acceptors (Lipinski definition) is 2. The second-order valence-electron chi connectivity index (χ2n) is 4.68. The van der Waals surface area contributed by atoms with Crippen LogP contribution in [0.5, 0.6) is 0 Å². The summed E-state index contributed by atoms with van der Waals surface area (Å²) in [6, 6.07) is 15.1. The molecule has 2 aromatic carbocycles. The Morgan fingerprint density at radius 3 is 1.71 bits per heavy atom. The van der Waals surface area contributed by atoms with Crippen molar-refractivity contribution in [2.75, 3.05) is 19.0 Å². The van der Waals surface area contributed by atoms with Gasteiger partial charge in [-0.15, -0.1) is 0 Å². The molecule has 102 valence electrons. The summed E-state index contributed by atoms with van der Waals surface area (Å²) in [7, 11) is 4.00. The van der Waals surface area contributed by atoms with Crippen LogP contribution in [0.25, 0.3) is 0 Å². The lowest BCUT2D eigenvalue weighted by Crippen LogP contribution is -2.07. The van der Waals surface area contributed by atoms with Gasteiger partial charge in [-0.3, -0.25) is 4.79 Å². The van der Waals surface area contributed by atoms with Crippen LogP contribution in [0, 0.1) is 23.7 Å². The van der Waals surface area contributed by atoms with Gasteiger partial charge in [0.05, 0.1) is 0 Å². The third kappa shape index (κ3) is 4.27. The second-order valence-corrected chi connectivity index (χ2v) is 4.68. The summed E-state index contributed by atoms with van der Waals surface area (Å²) in [6.45, 7) is 0. The van der Waals surface area contributed by atoms with E-state index in [9.17, 15) is 4.79 Å². The van der Waals surface area contributed by atoms with E-state index in [1.807, 2.05) is 55.4 Å². The van der Waals surface area contributed by atoms with Gasteiger partial charge in [0.15, 0.2) is 0 Å². The molecule has 2 heteroatoms. The van der Waals surface area contributed by atoms with Gasteiger partial charge >= 0.3 is 0 Å². The van der Waals surface area contributed by atoms with Crippen LogP contribution in [0.4, 0.5) is 5.69 Å². The normalized spacial score (nSPS) is 8.86. The summed E-state index contributed by atoms with van der Waals surface area (Å²) in [4.78, 5) is 12.6. The molecule has 0 aliphatic carbocycles. The molecule has 0 amide bonds. The predicted molar refractivity (Wildman–Crippen MR) is 86.4 cm³/mol. The van der Waals surface area contributed by atoms with Crippen LogP contribution in [0.3, 0.4) is 0 Å². The van der Waals surface area contributed by atoms with Gasteiger partial charge in [0.25, 0.3) is 0 Å². The zero-order valence-electron chi connectivity index (χ0n) is 12.1. The maximum atomic E-state index is 10.5. The van der Waals surface area contributed by atoms with Crippen LogP contribution in [-0.4, -0.2) is 20.4 Å². The summed E-state index contributed by atoms with van der Waals surface area (Å²) >= 11 is 0. The first kappa shape index (κ1) is 14.4. The summed E-state index contributed by atoms with van der Waals surface area (Å²) in [5.41, 5.74) is 3.57. The number of benzene rings is 2. The molecule has 0 atom stereocenters. The van der Waals surface area contributed by atoms with Crippen LogP contribution in [0.2, 0.25) is 0 Å². The molecule has 0 saturated carbocycles. The number of hydrogen-bond donors (Lipinski definition) is 0. The van der Waals surface area contributed by atoms with Crippen molar-refractivity contribution in [3.8, 4) is 23.7 Å². The van der Waals surface area contributed by atoms with Crippen molar-refractivity contribution < 1.29 is 4.79 Å². The summed E-state index contributed by atoms with van der Waals surface area (Å²) in [5.74, 6) is 11.6. The highest BCUT2D eigenvalue weighted by molar-refractivity contribution is 5.74. The average Bonchev–Trinajstić information content (AvgIpc) is 2.52. The molecular formula is C19H15NO. The van der Waals surface area contributed by atoms with Gasteiger partial charge in [-0.1, -0.05) is 24.0 Å². The summed E-state index contributed by atoms with van der Waals surface area (Å²) in [6.07, 6.45) is 0.814. The standard InChI is InChI=1S/C19H15NO/c1-20(2)19-13-11-17(12-14-19)6-4-3-5-16-7-9-18(15-21)10-8-16/h7-15H,1-2H3. The highest BCUT2D eigenvalue weighted by Gasteiger charge is 1.93. The molecule has 0 aromatic heterocycles. The Hall–Kier alpha value is -2.97. The lowest BCUT2D eigenvalue weighted by Gasteiger charge is -2.11. The number of carbonyl (C=O) groups excluding carboxylic acids is 1. The number of aldehydes is 1. The van der Waals surface area contributed by atoms with Crippen molar-refractivity contribution in [1.82, 2.24) is 0 Å². The lowest BCUT2D eigenvalue weighted by atomic mass is 10.1. The molecule has 0 fully saturated rings. The van der Waals surface area contributed by atoms with Crippen LogP contribution in [-0.2, 0) is 0 Å². The van der Waals surface area contributed by atoms with E-state index in [1.165, 1.54) is 0 Å². The molecule has 0 heterocycles. The Labute approximate surface area is 125 Å². The fourth-order valence-electron chi connectivity index (χ4n) is 1.69. The molecule has 0 spiro atoms. The largest absolute Gasteiger partial charge is 0.378 e. The molecule has 0 saturated heterocycles. The lowest BCUT2D eigenvalue weighted by molar-refractivity contribution is 0.112. The minimum atomic E-state index is 0.646. The monoisotopic (exact) mass is 273 g/mol. The molecule has 0 bridgehead atoms. The van der Waals surface area contributed by atoms with Crippen LogP contribution in [0.1, 0.15) is 21.5 Å². The molecule has 21 heavy (non-hydrogen) atoms. The van der Waals surface area contributed by atoms with Crippen LogP contribution < -0.4 is 4.90 Å². The van der Waals surface area contributed by atoms with Gasteiger partial charge in [-0.25, -0.2) is 0 Å². The van der Waals surface area contributed by atoms with Crippen molar-refractivity contribution >= 4 is 12.0 Å². The first-order chi connectivity index (χ1) is 10.2. The second kappa shape index (κ2) is 6.98. The van der Waals surface area contributed by atoms with Crippen LogP contribution in [0.15, 0.2) is 48.5 Å². The van der Waals surface area contributed by atoms with E-state index in [4.69, 9.17) is 0 Å². The first-order valence-electron chi connectivity index (χ1n) is 6.54. The minimum Gasteiger partial charge on any atom is -0.378 e. The number of rotatable bonds is 2. The van der Waals surface area contributed by atoms with Gasteiger partial charge in [0.1, 0.15) is 6.29 Å². The molecule has 2 aromatic rings.